The Hall–Kier alpha value is -3.80. The number of pyridine rings is 2. The minimum atomic E-state index is -1.06. The first-order valence-corrected chi connectivity index (χ1v) is 7.71. The van der Waals surface area contributed by atoms with E-state index in [9.17, 15) is 9.59 Å². The summed E-state index contributed by atoms with van der Waals surface area (Å²) < 4.78 is 0. The van der Waals surface area contributed by atoms with Crippen molar-refractivity contribution in [1.29, 1.82) is 0 Å². The van der Waals surface area contributed by atoms with Crippen molar-refractivity contribution in [1.82, 2.24) is 9.97 Å². The van der Waals surface area contributed by atoms with E-state index in [-0.39, 0.29) is 11.1 Å². The van der Waals surface area contributed by atoms with E-state index >= 15 is 0 Å². The molecule has 0 amide bonds. The fourth-order valence-corrected chi connectivity index (χ4v) is 2.47. The van der Waals surface area contributed by atoms with Crippen molar-refractivity contribution < 1.29 is 19.8 Å². The second-order valence-electron chi connectivity index (χ2n) is 5.39. The third kappa shape index (κ3) is 3.64. The number of carbonyl (C=O) groups is 2. The number of hydrogen-bond donors (Lipinski definition) is 2. The lowest BCUT2D eigenvalue weighted by Crippen LogP contribution is -1.99. The lowest BCUT2D eigenvalue weighted by molar-refractivity contribution is 0.0681. The smallest absolute Gasteiger partial charge is 0.335 e. The van der Waals surface area contributed by atoms with E-state index < -0.39 is 11.9 Å². The molecule has 6 heteroatoms. The van der Waals surface area contributed by atoms with Crippen LogP contribution in [-0.4, -0.2) is 32.1 Å². The average molecular weight is 346 g/mol. The summed E-state index contributed by atoms with van der Waals surface area (Å²) in [7, 11) is 0. The number of fused-ring (bicyclic) bond motifs is 3. The second-order valence-corrected chi connectivity index (χ2v) is 5.39. The SMILES string of the molecule is O=C(O)c1ccc(C(=O)O)cc1.c1cnc2ccc3ncccc3c2c1. The molecule has 2 heterocycles. The lowest BCUT2D eigenvalue weighted by Gasteiger charge is -2.00. The molecule has 4 aromatic rings. The van der Waals surface area contributed by atoms with Crippen LogP contribution in [0, 0.1) is 0 Å². The first-order valence-electron chi connectivity index (χ1n) is 7.71. The first-order chi connectivity index (χ1) is 12.6. The molecule has 4 rings (SSSR count). The van der Waals surface area contributed by atoms with Crippen molar-refractivity contribution in [3.63, 3.8) is 0 Å². The van der Waals surface area contributed by atoms with Gasteiger partial charge in [0.15, 0.2) is 0 Å². The van der Waals surface area contributed by atoms with Crippen LogP contribution >= 0.6 is 0 Å². The van der Waals surface area contributed by atoms with Gasteiger partial charge in [0, 0.05) is 23.2 Å². The van der Waals surface area contributed by atoms with Gasteiger partial charge in [-0.2, -0.15) is 0 Å². The Morgan fingerprint density at radius 3 is 1.35 bits per heavy atom. The largest absolute Gasteiger partial charge is 0.478 e. The van der Waals surface area contributed by atoms with Gasteiger partial charge in [-0.05, 0) is 48.5 Å². The van der Waals surface area contributed by atoms with Crippen LogP contribution in [0.15, 0.2) is 73.1 Å². The van der Waals surface area contributed by atoms with E-state index in [0.717, 1.165) is 21.8 Å². The molecular weight excluding hydrogens is 332 g/mol. The predicted molar refractivity (Wildman–Crippen MR) is 97.4 cm³/mol. The van der Waals surface area contributed by atoms with Gasteiger partial charge >= 0.3 is 11.9 Å². The maximum Gasteiger partial charge on any atom is 0.335 e. The highest BCUT2D eigenvalue weighted by atomic mass is 16.4. The summed E-state index contributed by atoms with van der Waals surface area (Å²) in [4.78, 5) is 29.3. The zero-order valence-corrected chi connectivity index (χ0v) is 13.5. The summed E-state index contributed by atoms with van der Waals surface area (Å²) in [6.45, 7) is 0. The van der Waals surface area contributed by atoms with Gasteiger partial charge in [0.2, 0.25) is 0 Å². The van der Waals surface area contributed by atoms with Crippen LogP contribution in [-0.2, 0) is 0 Å². The average Bonchev–Trinajstić information content (AvgIpc) is 2.68. The summed E-state index contributed by atoms with van der Waals surface area (Å²) in [5.74, 6) is -2.13. The topological polar surface area (TPSA) is 100 Å². The molecule has 0 saturated heterocycles. The van der Waals surface area contributed by atoms with Gasteiger partial charge in [0.25, 0.3) is 0 Å². The molecule has 0 saturated carbocycles. The standard InChI is InChI=1S/C12H8N2.C8H6O4/c1-3-9-10-4-2-8-14-12(10)6-5-11(9)13-7-1;9-7(10)5-1-2-6(4-3-5)8(11)12/h1-8H;1-4H,(H,9,10)(H,11,12). The number of aromatic nitrogens is 2. The molecule has 128 valence electrons. The van der Waals surface area contributed by atoms with Crippen LogP contribution in [0.2, 0.25) is 0 Å². The van der Waals surface area contributed by atoms with Crippen LogP contribution in [0.4, 0.5) is 0 Å². The fraction of sp³-hybridized carbons (Fsp3) is 0. The molecule has 0 aliphatic heterocycles. The van der Waals surface area contributed by atoms with E-state index in [1.54, 1.807) is 0 Å². The molecule has 2 aromatic heterocycles. The second kappa shape index (κ2) is 7.40. The number of hydrogen-bond acceptors (Lipinski definition) is 4. The minimum absolute atomic E-state index is 0.0833. The van der Waals surface area contributed by atoms with E-state index in [1.165, 1.54) is 24.3 Å². The van der Waals surface area contributed by atoms with Gasteiger partial charge < -0.3 is 10.2 Å². The summed E-state index contributed by atoms with van der Waals surface area (Å²) in [5.41, 5.74) is 2.21. The van der Waals surface area contributed by atoms with Crippen LogP contribution in [0.3, 0.4) is 0 Å². The lowest BCUT2D eigenvalue weighted by atomic mass is 10.1. The fourth-order valence-electron chi connectivity index (χ4n) is 2.47. The summed E-state index contributed by atoms with van der Waals surface area (Å²) >= 11 is 0. The zero-order chi connectivity index (χ0) is 18.5. The van der Waals surface area contributed by atoms with Crippen LogP contribution < -0.4 is 0 Å². The van der Waals surface area contributed by atoms with Crippen LogP contribution in [0.1, 0.15) is 20.7 Å². The monoisotopic (exact) mass is 346 g/mol. The Bertz CT molecular complexity index is 1000. The number of nitrogens with zero attached hydrogens (tertiary/aromatic N) is 2. The Morgan fingerprint density at radius 2 is 1.00 bits per heavy atom. The highest BCUT2D eigenvalue weighted by Crippen LogP contribution is 2.21. The predicted octanol–water partition coefficient (Wildman–Crippen LogP) is 3.87. The molecule has 26 heavy (non-hydrogen) atoms. The van der Waals surface area contributed by atoms with Crippen LogP contribution in [0.5, 0.6) is 0 Å². The minimum Gasteiger partial charge on any atom is -0.478 e. The van der Waals surface area contributed by atoms with Crippen molar-refractivity contribution in [3.05, 3.63) is 84.2 Å². The van der Waals surface area contributed by atoms with Crippen molar-refractivity contribution in [3.8, 4) is 0 Å². The van der Waals surface area contributed by atoms with E-state index in [2.05, 4.69) is 22.1 Å². The quantitative estimate of drug-likeness (QED) is 0.535. The van der Waals surface area contributed by atoms with E-state index in [1.807, 2.05) is 36.7 Å². The van der Waals surface area contributed by atoms with Gasteiger partial charge in [0.05, 0.1) is 22.2 Å². The Balaban J connectivity index is 0.000000153. The number of carboxylic acid groups (broad SMARTS) is 2. The molecule has 0 fully saturated rings. The third-order valence-corrected chi connectivity index (χ3v) is 3.75. The zero-order valence-electron chi connectivity index (χ0n) is 13.5. The maximum absolute atomic E-state index is 10.3. The summed E-state index contributed by atoms with van der Waals surface area (Å²) in [5, 5.41) is 19.3. The van der Waals surface area contributed by atoms with Gasteiger partial charge in [-0.3, -0.25) is 9.97 Å². The van der Waals surface area contributed by atoms with Crippen LogP contribution in [0.25, 0.3) is 21.8 Å². The Morgan fingerprint density at radius 1 is 0.615 bits per heavy atom. The highest BCUT2D eigenvalue weighted by molar-refractivity contribution is 6.04. The maximum atomic E-state index is 10.3. The van der Waals surface area contributed by atoms with E-state index in [4.69, 9.17) is 10.2 Å². The normalized spacial score (nSPS) is 10.2. The molecule has 0 bridgehead atoms. The van der Waals surface area contributed by atoms with Crippen molar-refractivity contribution in [2.75, 3.05) is 0 Å². The van der Waals surface area contributed by atoms with Gasteiger partial charge in [-0.1, -0.05) is 12.1 Å². The Kier molecular flexibility index (Phi) is 4.85. The summed E-state index contributed by atoms with van der Waals surface area (Å²) in [6, 6.07) is 17.1. The molecule has 0 spiro atoms. The molecule has 0 aliphatic rings. The van der Waals surface area contributed by atoms with Crippen molar-refractivity contribution in [2.45, 2.75) is 0 Å². The molecule has 2 N–H and O–H groups in total. The molecular formula is C20H14N2O4. The first kappa shape index (κ1) is 17.0. The molecule has 0 radical (unpaired) electrons. The molecule has 0 aliphatic carbocycles. The number of rotatable bonds is 2. The molecule has 2 aromatic carbocycles. The highest BCUT2D eigenvalue weighted by Gasteiger charge is 2.04. The number of aromatic carboxylic acids is 2. The molecule has 0 atom stereocenters. The number of carboxylic acids is 2. The summed E-state index contributed by atoms with van der Waals surface area (Å²) in [6.07, 6.45) is 3.62. The van der Waals surface area contributed by atoms with E-state index in [0.29, 0.717) is 0 Å². The Labute approximate surface area is 148 Å². The van der Waals surface area contributed by atoms with Gasteiger partial charge in [0.1, 0.15) is 0 Å². The number of benzene rings is 2. The van der Waals surface area contributed by atoms with Crippen molar-refractivity contribution in [2.24, 2.45) is 0 Å². The molecule has 6 nitrogen and oxygen atoms in total. The van der Waals surface area contributed by atoms with Crippen molar-refractivity contribution >= 4 is 33.7 Å². The molecule has 0 unspecified atom stereocenters. The van der Waals surface area contributed by atoms with Gasteiger partial charge in [-0.25, -0.2) is 9.59 Å². The third-order valence-electron chi connectivity index (χ3n) is 3.75. The van der Waals surface area contributed by atoms with Gasteiger partial charge in [-0.15, -0.1) is 0 Å².